The van der Waals surface area contributed by atoms with Crippen LogP contribution < -0.4 is 0 Å². The van der Waals surface area contributed by atoms with Crippen LogP contribution in [0.1, 0.15) is 42.2 Å². The van der Waals surface area contributed by atoms with Crippen LogP contribution >= 0.6 is 11.3 Å². The monoisotopic (exact) mass is 369 g/mol. The highest BCUT2D eigenvalue weighted by molar-refractivity contribution is 7.10. The molecule has 1 aliphatic rings. The lowest BCUT2D eigenvalue weighted by atomic mass is 10.1. The van der Waals surface area contributed by atoms with Crippen LogP contribution in [-0.4, -0.2) is 44.8 Å². The van der Waals surface area contributed by atoms with Crippen LogP contribution in [0.25, 0.3) is 0 Å². The Morgan fingerprint density at radius 1 is 1.38 bits per heavy atom. The highest BCUT2D eigenvalue weighted by Gasteiger charge is 2.25. The fourth-order valence-corrected chi connectivity index (χ4v) is 4.31. The lowest BCUT2D eigenvalue weighted by Gasteiger charge is -2.30. The van der Waals surface area contributed by atoms with Gasteiger partial charge in [0, 0.05) is 60.8 Å². The molecule has 3 heterocycles. The van der Waals surface area contributed by atoms with Crippen LogP contribution in [0, 0.1) is 11.3 Å². The minimum absolute atomic E-state index is 0.101. The van der Waals surface area contributed by atoms with Gasteiger partial charge in [0.15, 0.2) is 0 Å². The van der Waals surface area contributed by atoms with Gasteiger partial charge in [0.1, 0.15) is 12.4 Å². The minimum atomic E-state index is 0.101. The summed E-state index contributed by atoms with van der Waals surface area (Å²) in [7, 11) is 0. The molecule has 1 atom stereocenters. The average molecular weight is 369 g/mol. The van der Waals surface area contributed by atoms with Crippen LogP contribution in [0.4, 0.5) is 0 Å². The van der Waals surface area contributed by atoms with Gasteiger partial charge in [-0.25, -0.2) is 9.97 Å². The Bertz CT molecular complexity index is 770. The molecule has 7 heteroatoms. The summed E-state index contributed by atoms with van der Waals surface area (Å²) in [4.78, 5) is 25.9. The molecule has 1 fully saturated rings. The molecule has 1 unspecified atom stereocenters. The van der Waals surface area contributed by atoms with Crippen LogP contribution in [0.15, 0.2) is 30.2 Å². The number of nitriles is 1. The molecule has 3 rings (SSSR count). The van der Waals surface area contributed by atoms with Gasteiger partial charge in [-0.3, -0.25) is 9.69 Å². The van der Waals surface area contributed by atoms with Crippen LogP contribution in [0.2, 0.25) is 0 Å². The molecule has 2 aromatic heterocycles. The molecule has 0 bridgehead atoms. The van der Waals surface area contributed by atoms with Gasteiger partial charge in [-0.1, -0.05) is 0 Å². The van der Waals surface area contributed by atoms with E-state index in [-0.39, 0.29) is 11.9 Å². The van der Waals surface area contributed by atoms with Gasteiger partial charge in [-0.2, -0.15) is 5.26 Å². The lowest BCUT2D eigenvalue weighted by Crippen LogP contribution is -2.39. The molecule has 0 N–H and O–H groups in total. The Labute approximate surface area is 158 Å². The Balaban J connectivity index is 1.60. The second-order valence-electron chi connectivity index (χ2n) is 6.67. The van der Waals surface area contributed by atoms with Crippen molar-refractivity contribution < 1.29 is 4.79 Å². The van der Waals surface area contributed by atoms with Crippen molar-refractivity contribution in [2.24, 2.45) is 0 Å². The maximum atomic E-state index is 12.2. The molecule has 1 aliphatic heterocycles. The van der Waals surface area contributed by atoms with Crippen LogP contribution in [0.3, 0.4) is 0 Å². The summed E-state index contributed by atoms with van der Waals surface area (Å²) in [6.45, 7) is 5.07. The summed E-state index contributed by atoms with van der Waals surface area (Å²) in [5.41, 5.74) is 1.71. The van der Waals surface area contributed by atoms with Crippen molar-refractivity contribution in [3.63, 3.8) is 0 Å². The lowest BCUT2D eigenvalue weighted by molar-refractivity contribution is -0.132. The molecule has 136 valence electrons. The van der Waals surface area contributed by atoms with E-state index in [4.69, 9.17) is 5.26 Å². The SMILES string of the molecule is CC(=O)N(Cc1cncnc1)C1CCCN(Cc2cc(C#N)cs2)CC1. The molecule has 1 amide bonds. The van der Waals surface area contributed by atoms with Gasteiger partial charge in [-0.05, 0) is 31.9 Å². The number of carbonyl (C=O) groups excluding carboxylic acids is 1. The van der Waals surface area contributed by atoms with E-state index in [0.29, 0.717) is 6.54 Å². The maximum absolute atomic E-state index is 12.2. The minimum Gasteiger partial charge on any atom is -0.335 e. The topological polar surface area (TPSA) is 73.1 Å². The molecule has 2 aromatic rings. The predicted octanol–water partition coefficient (Wildman–Crippen LogP) is 2.81. The van der Waals surface area contributed by atoms with Crippen molar-refractivity contribution >= 4 is 17.2 Å². The van der Waals surface area contributed by atoms with E-state index < -0.39 is 0 Å². The zero-order valence-electron chi connectivity index (χ0n) is 15.0. The predicted molar refractivity (Wildman–Crippen MR) is 100 cm³/mol. The van der Waals surface area contributed by atoms with Crippen molar-refractivity contribution in [2.45, 2.75) is 45.3 Å². The summed E-state index contributed by atoms with van der Waals surface area (Å²) < 4.78 is 0. The van der Waals surface area contributed by atoms with Crippen molar-refractivity contribution in [3.8, 4) is 6.07 Å². The summed E-state index contributed by atoms with van der Waals surface area (Å²) >= 11 is 1.65. The number of hydrogen-bond donors (Lipinski definition) is 0. The largest absolute Gasteiger partial charge is 0.335 e. The first-order valence-electron chi connectivity index (χ1n) is 8.86. The van der Waals surface area contributed by atoms with Crippen molar-refractivity contribution in [3.05, 3.63) is 46.2 Å². The number of amides is 1. The van der Waals surface area contributed by atoms with Crippen molar-refractivity contribution in [1.29, 1.82) is 5.26 Å². The number of carbonyl (C=O) groups is 1. The molecular formula is C19H23N5OS. The zero-order valence-corrected chi connectivity index (χ0v) is 15.8. The first-order valence-corrected chi connectivity index (χ1v) is 9.74. The van der Waals surface area contributed by atoms with Gasteiger partial charge in [0.25, 0.3) is 0 Å². The smallest absolute Gasteiger partial charge is 0.219 e. The number of nitrogens with zero attached hydrogens (tertiary/aromatic N) is 5. The zero-order chi connectivity index (χ0) is 18.4. The average Bonchev–Trinajstić information content (AvgIpc) is 2.98. The molecule has 0 saturated carbocycles. The van der Waals surface area contributed by atoms with E-state index in [2.05, 4.69) is 20.9 Å². The molecule has 0 spiro atoms. The normalized spacial score (nSPS) is 18.1. The second kappa shape index (κ2) is 8.88. The van der Waals surface area contributed by atoms with Gasteiger partial charge >= 0.3 is 0 Å². The highest BCUT2D eigenvalue weighted by atomic mass is 32.1. The van der Waals surface area contributed by atoms with Crippen molar-refractivity contribution in [1.82, 2.24) is 19.8 Å². The van der Waals surface area contributed by atoms with E-state index in [1.54, 1.807) is 30.7 Å². The summed E-state index contributed by atoms with van der Waals surface area (Å²) in [6.07, 6.45) is 8.09. The molecular weight excluding hydrogens is 346 g/mol. The maximum Gasteiger partial charge on any atom is 0.219 e. The number of hydrogen-bond acceptors (Lipinski definition) is 6. The Morgan fingerprint density at radius 2 is 2.19 bits per heavy atom. The summed E-state index contributed by atoms with van der Waals surface area (Å²) in [6, 6.07) is 4.41. The number of likely N-dealkylation sites (tertiary alicyclic amines) is 1. The van der Waals surface area contributed by atoms with Crippen LogP contribution in [-0.2, 0) is 17.9 Å². The Hall–Kier alpha value is -2.30. The standard InChI is InChI=1S/C19H23N5OS/c1-15(25)24(11-17-9-21-14-22-10-17)18-3-2-5-23(6-4-18)12-19-7-16(8-20)13-26-19/h7,9-10,13-14,18H,2-6,11-12H2,1H3. The van der Waals surface area contributed by atoms with E-state index in [0.717, 1.165) is 50.0 Å². The fourth-order valence-electron chi connectivity index (χ4n) is 3.46. The van der Waals surface area contributed by atoms with Gasteiger partial charge in [0.05, 0.1) is 5.56 Å². The third-order valence-electron chi connectivity index (χ3n) is 4.76. The molecule has 1 saturated heterocycles. The third kappa shape index (κ3) is 4.87. The van der Waals surface area contributed by atoms with Crippen LogP contribution in [0.5, 0.6) is 0 Å². The summed E-state index contributed by atoms with van der Waals surface area (Å²) in [5.74, 6) is 0.101. The highest BCUT2D eigenvalue weighted by Crippen LogP contribution is 2.22. The van der Waals surface area contributed by atoms with Crippen molar-refractivity contribution in [2.75, 3.05) is 13.1 Å². The number of thiophene rings is 1. The van der Waals surface area contributed by atoms with E-state index in [9.17, 15) is 4.79 Å². The molecule has 0 aromatic carbocycles. The molecule has 0 aliphatic carbocycles. The third-order valence-corrected chi connectivity index (χ3v) is 5.69. The summed E-state index contributed by atoms with van der Waals surface area (Å²) in [5, 5.41) is 10.9. The number of rotatable bonds is 5. The Morgan fingerprint density at radius 3 is 2.88 bits per heavy atom. The fraction of sp³-hybridized carbons (Fsp3) is 0.474. The van der Waals surface area contributed by atoms with Gasteiger partial charge in [-0.15, -0.1) is 11.3 Å². The first-order chi connectivity index (χ1) is 12.7. The quantitative estimate of drug-likeness (QED) is 0.810. The van der Waals surface area contributed by atoms with E-state index in [1.807, 2.05) is 16.3 Å². The van der Waals surface area contributed by atoms with E-state index >= 15 is 0 Å². The molecule has 0 radical (unpaired) electrons. The molecule has 6 nitrogen and oxygen atoms in total. The van der Waals surface area contributed by atoms with Gasteiger partial charge < -0.3 is 4.90 Å². The first kappa shape index (κ1) is 18.5. The Kier molecular flexibility index (Phi) is 6.31. The van der Waals surface area contributed by atoms with Gasteiger partial charge in [0.2, 0.25) is 5.91 Å². The molecule has 26 heavy (non-hydrogen) atoms. The number of aromatic nitrogens is 2. The second-order valence-corrected chi connectivity index (χ2v) is 7.66. The van der Waals surface area contributed by atoms with E-state index in [1.165, 1.54) is 11.2 Å².